The predicted molar refractivity (Wildman–Crippen MR) is 97.3 cm³/mol. The monoisotopic (exact) mass is 361 g/mol. The fourth-order valence-electron chi connectivity index (χ4n) is 2.79. The van der Waals surface area contributed by atoms with Crippen molar-refractivity contribution < 1.29 is 9.53 Å². The number of likely N-dealkylation sites (tertiary alicyclic amines) is 1. The van der Waals surface area contributed by atoms with Gasteiger partial charge in [-0.1, -0.05) is 6.07 Å². The fourth-order valence-corrected chi connectivity index (χ4v) is 3.39. The predicted octanol–water partition coefficient (Wildman–Crippen LogP) is 2.05. The third kappa shape index (κ3) is 5.40. The first-order valence-electron chi connectivity index (χ1n) is 8.45. The van der Waals surface area contributed by atoms with Crippen molar-refractivity contribution in [2.24, 2.45) is 0 Å². The Labute approximate surface area is 151 Å². The van der Waals surface area contributed by atoms with Crippen molar-refractivity contribution >= 4 is 22.5 Å². The molecule has 134 valence electrons. The summed E-state index contributed by atoms with van der Waals surface area (Å²) in [6.07, 6.45) is 4.42. The first kappa shape index (κ1) is 17.6. The van der Waals surface area contributed by atoms with Crippen LogP contribution in [0.4, 0.5) is 9.93 Å². The molecule has 3 N–H and O–H groups in total. The van der Waals surface area contributed by atoms with E-state index in [1.54, 1.807) is 6.20 Å². The number of nitrogen functional groups attached to an aromatic ring is 1. The standard InChI is InChI=1S/C17H23N5O2S/c18-16-21-14(12-25-16)6-8-20-17(23)22-9-3-5-15(10-22)24-11-13-4-1-2-7-19-13/h1-2,4,7,12,15H,3,5-6,8-11H2,(H2,18,21)(H,20,23)/t15-/m0/s1. The van der Waals surface area contributed by atoms with Gasteiger partial charge in [-0.15, -0.1) is 11.3 Å². The van der Waals surface area contributed by atoms with Crippen LogP contribution < -0.4 is 11.1 Å². The van der Waals surface area contributed by atoms with E-state index in [9.17, 15) is 4.79 Å². The first-order valence-corrected chi connectivity index (χ1v) is 9.33. The van der Waals surface area contributed by atoms with Crippen LogP contribution in [0, 0.1) is 0 Å². The molecule has 8 heteroatoms. The van der Waals surface area contributed by atoms with Gasteiger partial charge in [-0.2, -0.15) is 0 Å². The molecule has 1 aliphatic rings. The van der Waals surface area contributed by atoms with Gasteiger partial charge < -0.3 is 20.7 Å². The number of ether oxygens (including phenoxy) is 1. The Balaban J connectivity index is 1.40. The molecular formula is C17H23N5O2S. The second-order valence-corrected chi connectivity index (χ2v) is 6.89. The summed E-state index contributed by atoms with van der Waals surface area (Å²) in [6.45, 7) is 2.41. The molecule has 1 fully saturated rings. The van der Waals surface area contributed by atoms with E-state index >= 15 is 0 Å². The highest BCUT2D eigenvalue weighted by molar-refractivity contribution is 7.13. The van der Waals surface area contributed by atoms with Crippen LogP contribution in [0.25, 0.3) is 0 Å². The van der Waals surface area contributed by atoms with Crippen molar-refractivity contribution in [3.8, 4) is 0 Å². The topological polar surface area (TPSA) is 93.4 Å². The maximum atomic E-state index is 12.3. The molecule has 2 aromatic rings. The molecule has 2 amide bonds. The summed E-state index contributed by atoms with van der Waals surface area (Å²) in [5.74, 6) is 0. The number of anilines is 1. The van der Waals surface area contributed by atoms with Crippen LogP contribution in [-0.4, -0.2) is 46.6 Å². The average Bonchev–Trinajstić information content (AvgIpc) is 3.06. The molecule has 0 radical (unpaired) electrons. The lowest BCUT2D eigenvalue weighted by Gasteiger charge is -2.32. The lowest BCUT2D eigenvalue weighted by molar-refractivity contribution is -0.00162. The van der Waals surface area contributed by atoms with E-state index < -0.39 is 0 Å². The number of carbonyl (C=O) groups excluding carboxylic acids is 1. The van der Waals surface area contributed by atoms with E-state index in [-0.39, 0.29) is 12.1 Å². The normalized spacial score (nSPS) is 17.4. The number of rotatable bonds is 6. The molecule has 2 aromatic heterocycles. The Bertz CT molecular complexity index is 679. The van der Waals surface area contributed by atoms with Gasteiger partial charge in [0.25, 0.3) is 0 Å². The quantitative estimate of drug-likeness (QED) is 0.821. The maximum absolute atomic E-state index is 12.3. The Morgan fingerprint density at radius 3 is 3.12 bits per heavy atom. The van der Waals surface area contributed by atoms with Gasteiger partial charge in [0, 0.05) is 37.6 Å². The van der Waals surface area contributed by atoms with Gasteiger partial charge in [0.05, 0.1) is 24.1 Å². The molecule has 0 aliphatic carbocycles. The number of piperidine rings is 1. The summed E-state index contributed by atoms with van der Waals surface area (Å²) in [7, 11) is 0. The zero-order chi connectivity index (χ0) is 17.5. The van der Waals surface area contributed by atoms with Crippen molar-refractivity contribution in [1.29, 1.82) is 0 Å². The highest BCUT2D eigenvalue weighted by atomic mass is 32.1. The summed E-state index contributed by atoms with van der Waals surface area (Å²) in [5.41, 5.74) is 7.43. The number of pyridine rings is 1. The van der Waals surface area contributed by atoms with Gasteiger partial charge >= 0.3 is 6.03 Å². The van der Waals surface area contributed by atoms with Crippen LogP contribution in [0.3, 0.4) is 0 Å². The van der Waals surface area contributed by atoms with E-state index in [2.05, 4.69) is 15.3 Å². The number of urea groups is 1. The van der Waals surface area contributed by atoms with Gasteiger partial charge in [0.2, 0.25) is 0 Å². The molecule has 25 heavy (non-hydrogen) atoms. The highest BCUT2D eigenvalue weighted by Gasteiger charge is 2.24. The van der Waals surface area contributed by atoms with E-state index in [4.69, 9.17) is 10.5 Å². The number of amides is 2. The van der Waals surface area contributed by atoms with E-state index in [1.807, 2.05) is 28.5 Å². The number of carbonyl (C=O) groups is 1. The third-order valence-corrected chi connectivity index (χ3v) is 4.81. The number of nitrogens with one attached hydrogen (secondary N) is 1. The molecule has 0 unspecified atom stereocenters. The Morgan fingerprint density at radius 2 is 2.36 bits per heavy atom. The van der Waals surface area contributed by atoms with E-state index in [1.165, 1.54) is 11.3 Å². The van der Waals surface area contributed by atoms with Gasteiger partial charge in [-0.3, -0.25) is 4.98 Å². The van der Waals surface area contributed by atoms with Crippen LogP contribution in [0.5, 0.6) is 0 Å². The van der Waals surface area contributed by atoms with Gasteiger partial charge in [-0.05, 0) is 25.0 Å². The maximum Gasteiger partial charge on any atom is 0.317 e. The van der Waals surface area contributed by atoms with Crippen LogP contribution >= 0.6 is 11.3 Å². The zero-order valence-electron chi connectivity index (χ0n) is 14.1. The van der Waals surface area contributed by atoms with Gasteiger partial charge in [-0.25, -0.2) is 9.78 Å². The van der Waals surface area contributed by atoms with Crippen molar-refractivity contribution in [2.75, 3.05) is 25.4 Å². The lowest BCUT2D eigenvalue weighted by Crippen LogP contribution is -2.48. The van der Waals surface area contributed by atoms with Crippen molar-refractivity contribution in [2.45, 2.75) is 32.0 Å². The van der Waals surface area contributed by atoms with Crippen LogP contribution in [0.15, 0.2) is 29.8 Å². The molecule has 0 bridgehead atoms. The molecule has 1 aliphatic heterocycles. The SMILES string of the molecule is Nc1nc(CCNC(=O)N2CCC[C@H](OCc3ccccn3)C2)cs1. The number of nitrogens with two attached hydrogens (primary N) is 1. The third-order valence-electron chi connectivity index (χ3n) is 4.09. The smallest absolute Gasteiger partial charge is 0.317 e. The summed E-state index contributed by atoms with van der Waals surface area (Å²) in [4.78, 5) is 22.6. The van der Waals surface area contributed by atoms with Gasteiger partial charge in [0.15, 0.2) is 5.13 Å². The second kappa shape index (κ2) is 8.77. The van der Waals surface area contributed by atoms with Gasteiger partial charge in [0.1, 0.15) is 0 Å². The molecule has 0 aromatic carbocycles. The van der Waals surface area contributed by atoms with E-state index in [0.29, 0.717) is 31.2 Å². The van der Waals surface area contributed by atoms with Crippen molar-refractivity contribution in [3.05, 3.63) is 41.2 Å². The molecule has 3 rings (SSSR count). The van der Waals surface area contributed by atoms with Crippen molar-refractivity contribution in [1.82, 2.24) is 20.2 Å². The molecule has 0 saturated carbocycles. The summed E-state index contributed by atoms with van der Waals surface area (Å²) < 4.78 is 5.92. The van der Waals surface area contributed by atoms with Crippen LogP contribution in [0.2, 0.25) is 0 Å². The summed E-state index contributed by atoms with van der Waals surface area (Å²) in [6, 6.07) is 5.73. The molecule has 3 heterocycles. The van der Waals surface area contributed by atoms with Crippen LogP contribution in [0.1, 0.15) is 24.2 Å². The minimum absolute atomic E-state index is 0.0469. The minimum atomic E-state index is -0.0469. The lowest BCUT2D eigenvalue weighted by atomic mass is 10.1. The van der Waals surface area contributed by atoms with Crippen LogP contribution in [-0.2, 0) is 17.8 Å². The number of hydrogen-bond acceptors (Lipinski definition) is 6. The van der Waals surface area contributed by atoms with Crippen molar-refractivity contribution in [3.63, 3.8) is 0 Å². The Kier molecular flexibility index (Phi) is 6.19. The molecule has 0 spiro atoms. The summed E-state index contributed by atoms with van der Waals surface area (Å²) >= 11 is 1.42. The largest absolute Gasteiger partial charge is 0.375 e. The Hall–Kier alpha value is -2.19. The summed E-state index contributed by atoms with van der Waals surface area (Å²) in [5, 5.41) is 5.43. The first-order chi connectivity index (χ1) is 12.2. The van der Waals surface area contributed by atoms with E-state index in [0.717, 1.165) is 30.8 Å². The highest BCUT2D eigenvalue weighted by Crippen LogP contribution is 2.15. The second-order valence-electron chi connectivity index (χ2n) is 6.00. The molecule has 1 saturated heterocycles. The molecular weight excluding hydrogens is 338 g/mol. The number of nitrogens with zero attached hydrogens (tertiary/aromatic N) is 3. The Morgan fingerprint density at radius 1 is 1.44 bits per heavy atom. The minimum Gasteiger partial charge on any atom is -0.375 e. The molecule has 1 atom stereocenters. The average molecular weight is 361 g/mol. The number of aromatic nitrogens is 2. The number of thiazole rings is 1. The fraction of sp³-hybridized carbons (Fsp3) is 0.471. The molecule has 7 nitrogen and oxygen atoms in total. The zero-order valence-corrected chi connectivity index (χ0v) is 14.9. The number of hydrogen-bond donors (Lipinski definition) is 2.